The molecule has 1 aromatic heterocycles. The number of benzene rings is 2. The van der Waals surface area contributed by atoms with Gasteiger partial charge in [0.25, 0.3) is 5.91 Å². The van der Waals surface area contributed by atoms with Gasteiger partial charge in [-0.1, -0.05) is 30.3 Å². The molecule has 0 aliphatic heterocycles. The van der Waals surface area contributed by atoms with Crippen molar-refractivity contribution in [3.05, 3.63) is 77.5 Å². The summed E-state index contributed by atoms with van der Waals surface area (Å²) < 4.78 is 0. The maximum Gasteiger partial charge on any atom is 0.253 e. The van der Waals surface area contributed by atoms with Crippen molar-refractivity contribution in [1.82, 2.24) is 15.3 Å². The molecule has 0 saturated heterocycles. The highest BCUT2D eigenvalue weighted by Gasteiger charge is 2.13. The minimum atomic E-state index is -0.305. The number of carbonyl (C=O) groups is 2. The van der Waals surface area contributed by atoms with Gasteiger partial charge in [0.2, 0.25) is 11.9 Å². The van der Waals surface area contributed by atoms with Crippen LogP contribution in [0.2, 0.25) is 5.02 Å². The summed E-state index contributed by atoms with van der Waals surface area (Å²) in [7, 11) is 1.56. The first-order chi connectivity index (χ1) is 14.9. The van der Waals surface area contributed by atoms with E-state index < -0.39 is 0 Å². The van der Waals surface area contributed by atoms with Crippen molar-refractivity contribution in [3.63, 3.8) is 0 Å². The topological polar surface area (TPSA) is 108 Å². The van der Waals surface area contributed by atoms with Crippen LogP contribution in [0.5, 0.6) is 0 Å². The Kier molecular flexibility index (Phi) is 6.84. The molecule has 3 rings (SSSR count). The molecule has 9 heteroatoms. The van der Waals surface area contributed by atoms with Gasteiger partial charge in [-0.3, -0.25) is 9.59 Å². The van der Waals surface area contributed by atoms with Crippen LogP contribution in [0.1, 0.15) is 15.9 Å². The predicted molar refractivity (Wildman–Crippen MR) is 123 cm³/mol. The highest BCUT2D eigenvalue weighted by atomic mass is 35.5. The van der Waals surface area contributed by atoms with Gasteiger partial charge in [0.1, 0.15) is 5.02 Å². The Morgan fingerprint density at radius 2 is 1.84 bits per heavy atom. The first kappa shape index (κ1) is 21.8. The third kappa shape index (κ3) is 5.58. The van der Waals surface area contributed by atoms with E-state index in [2.05, 4.69) is 37.8 Å². The Morgan fingerprint density at radius 1 is 1.10 bits per heavy atom. The van der Waals surface area contributed by atoms with E-state index in [1.54, 1.807) is 37.4 Å². The first-order valence-corrected chi connectivity index (χ1v) is 9.70. The van der Waals surface area contributed by atoms with Gasteiger partial charge in [-0.2, -0.15) is 4.98 Å². The van der Waals surface area contributed by atoms with Crippen molar-refractivity contribution < 1.29 is 9.59 Å². The van der Waals surface area contributed by atoms with Gasteiger partial charge in [0.15, 0.2) is 5.82 Å². The van der Waals surface area contributed by atoms with Gasteiger partial charge in [0.05, 0.1) is 17.4 Å². The predicted octanol–water partition coefficient (Wildman–Crippen LogP) is 4.41. The molecule has 0 spiro atoms. The number of para-hydroxylation sites is 1. The summed E-state index contributed by atoms with van der Waals surface area (Å²) in [5.41, 5.74) is 3.22. The third-order valence-electron chi connectivity index (χ3n) is 4.18. The zero-order chi connectivity index (χ0) is 22.4. The SMILES string of the molecule is C=CC(=O)Nc1cc(C)cc(Nc2ncc(Cl)c(Nc3ccccc3C(=O)NC)n2)c1. The number of amides is 2. The van der Waals surface area contributed by atoms with Crippen LogP contribution in [0.15, 0.2) is 61.3 Å². The van der Waals surface area contributed by atoms with E-state index in [1.165, 1.54) is 12.3 Å². The van der Waals surface area contributed by atoms with E-state index in [4.69, 9.17) is 11.6 Å². The number of aryl methyl sites for hydroxylation is 1. The quantitative estimate of drug-likeness (QED) is 0.408. The summed E-state index contributed by atoms with van der Waals surface area (Å²) in [4.78, 5) is 32.3. The molecule has 0 saturated carbocycles. The van der Waals surface area contributed by atoms with Crippen LogP contribution in [0.4, 0.5) is 28.8 Å². The van der Waals surface area contributed by atoms with Crippen LogP contribution in [-0.4, -0.2) is 28.8 Å². The lowest BCUT2D eigenvalue weighted by Crippen LogP contribution is -2.19. The molecule has 0 aliphatic rings. The highest BCUT2D eigenvalue weighted by Crippen LogP contribution is 2.27. The van der Waals surface area contributed by atoms with E-state index >= 15 is 0 Å². The summed E-state index contributed by atoms with van der Waals surface area (Å²) >= 11 is 6.27. The zero-order valence-corrected chi connectivity index (χ0v) is 17.7. The third-order valence-corrected chi connectivity index (χ3v) is 4.46. The zero-order valence-electron chi connectivity index (χ0n) is 17.0. The number of nitrogens with one attached hydrogen (secondary N) is 4. The monoisotopic (exact) mass is 436 g/mol. The minimum Gasteiger partial charge on any atom is -0.355 e. The van der Waals surface area contributed by atoms with Gasteiger partial charge in [-0.15, -0.1) is 0 Å². The maximum atomic E-state index is 12.1. The fourth-order valence-electron chi connectivity index (χ4n) is 2.82. The number of anilines is 5. The number of carbonyl (C=O) groups excluding carboxylic acids is 2. The average Bonchev–Trinajstić information content (AvgIpc) is 2.75. The van der Waals surface area contributed by atoms with Gasteiger partial charge in [-0.05, 0) is 48.9 Å². The second kappa shape index (κ2) is 9.73. The Morgan fingerprint density at radius 3 is 2.58 bits per heavy atom. The first-order valence-electron chi connectivity index (χ1n) is 9.32. The number of rotatable bonds is 7. The van der Waals surface area contributed by atoms with Gasteiger partial charge < -0.3 is 21.3 Å². The second-order valence-electron chi connectivity index (χ2n) is 6.55. The van der Waals surface area contributed by atoms with Gasteiger partial charge in [0, 0.05) is 18.4 Å². The van der Waals surface area contributed by atoms with Crippen molar-refractivity contribution in [2.24, 2.45) is 0 Å². The number of halogens is 1. The molecule has 31 heavy (non-hydrogen) atoms. The van der Waals surface area contributed by atoms with Crippen molar-refractivity contribution in [2.75, 3.05) is 23.0 Å². The van der Waals surface area contributed by atoms with E-state index in [1.807, 2.05) is 19.1 Å². The number of aromatic nitrogens is 2. The molecule has 2 aromatic carbocycles. The Bertz CT molecular complexity index is 1150. The maximum absolute atomic E-state index is 12.1. The van der Waals surface area contributed by atoms with Crippen LogP contribution < -0.4 is 21.3 Å². The molecule has 0 aliphatic carbocycles. The van der Waals surface area contributed by atoms with Crippen LogP contribution in [0.25, 0.3) is 0 Å². The standard InChI is InChI=1S/C22H21ClN6O2/c1-4-19(30)26-14-9-13(2)10-15(11-14)27-22-25-12-17(23)20(29-22)28-18-8-6-5-7-16(18)21(31)24-3/h4-12H,1H2,2-3H3,(H,24,31)(H,26,30)(H2,25,27,28,29). The molecule has 8 nitrogen and oxygen atoms in total. The number of nitrogens with zero attached hydrogens (tertiary/aromatic N) is 2. The molecule has 158 valence electrons. The summed E-state index contributed by atoms with van der Waals surface area (Å²) in [6, 6.07) is 12.5. The van der Waals surface area contributed by atoms with Crippen LogP contribution in [0, 0.1) is 6.92 Å². The lowest BCUT2D eigenvalue weighted by molar-refractivity contribution is -0.111. The van der Waals surface area contributed by atoms with Crippen LogP contribution in [-0.2, 0) is 4.79 Å². The summed E-state index contributed by atoms with van der Waals surface area (Å²) in [6.07, 6.45) is 2.66. The fraction of sp³-hybridized carbons (Fsp3) is 0.0909. The van der Waals surface area contributed by atoms with Gasteiger partial charge >= 0.3 is 0 Å². The normalized spacial score (nSPS) is 10.2. The second-order valence-corrected chi connectivity index (χ2v) is 6.95. The highest BCUT2D eigenvalue weighted by molar-refractivity contribution is 6.33. The van der Waals surface area contributed by atoms with E-state index in [0.717, 1.165) is 5.56 Å². The molecule has 0 unspecified atom stereocenters. The lowest BCUT2D eigenvalue weighted by atomic mass is 10.1. The number of hydrogen-bond donors (Lipinski definition) is 4. The minimum absolute atomic E-state index is 0.236. The summed E-state index contributed by atoms with van der Waals surface area (Å²) in [5.74, 6) is 0.0836. The van der Waals surface area contributed by atoms with Gasteiger partial charge in [-0.25, -0.2) is 4.98 Å². The molecular weight excluding hydrogens is 416 g/mol. The fourth-order valence-corrected chi connectivity index (χ4v) is 2.96. The molecule has 4 N–H and O–H groups in total. The van der Waals surface area contributed by atoms with E-state index in [9.17, 15) is 9.59 Å². The van der Waals surface area contributed by atoms with Crippen LogP contribution >= 0.6 is 11.6 Å². The van der Waals surface area contributed by atoms with Crippen molar-refractivity contribution >= 4 is 52.2 Å². The molecule has 0 atom stereocenters. The molecule has 3 aromatic rings. The van der Waals surface area contributed by atoms with Crippen molar-refractivity contribution in [3.8, 4) is 0 Å². The summed E-state index contributed by atoms with van der Waals surface area (Å²) in [6.45, 7) is 5.35. The molecule has 2 amide bonds. The van der Waals surface area contributed by atoms with E-state index in [0.29, 0.717) is 33.5 Å². The van der Waals surface area contributed by atoms with Crippen molar-refractivity contribution in [1.29, 1.82) is 0 Å². The molecular formula is C22H21ClN6O2. The average molecular weight is 437 g/mol. The van der Waals surface area contributed by atoms with E-state index in [-0.39, 0.29) is 17.8 Å². The largest absolute Gasteiger partial charge is 0.355 e. The Balaban J connectivity index is 1.87. The molecule has 1 heterocycles. The molecule has 0 bridgehead atoms. The van der Waals surface area contributed by atoms with Crippen molar-refractivity contribution in [2.45, 2.75) is 6.92 Å². The number of hydrogen-bond acceptors (Lipinski definition) is 6. The molecule has 0 radical (unpaired) electrons. The smallest absolute Gasteiger partial charge is 0.253 e. The Labute approximate surface area is 184 Å². The molecule has 0 fully saturated rings. The Hall–Kier alpha value is -3.91. The lowest BCUT2D eigenvalue weighted by Gasteiger charge is -2.13. The van der Waals surface area contributed by atoms with Crippen LogP contribution in [0.3, 0.4) is 0 Å². The summed E-state index contributed by atoms with van der Waals surface area (Å²) in [5, 5.41) is 11.8.